The molecule has 3 aromatic heterocycles. The molecule has 4 rings (SSSR count). The summed E-state index contributed by atoms with van der Waals surface area (Å²) in [7, 11) is 0. The molecule has 0 aliphatic heterocycles. The zero-order valence-electron chi connectivity index (χ0n) is 12.6. The van der Waals surface area contributed by atoms with Crippen LogP contribution in [0.25, 0.3) is 22.2 Å². The number of aromatic nitrogens is 4. The molecule has 0 radical (unpaired) electrons. The van der Waals surface area contributed by atoms with Crippen LogP contribution in [0.4, 0.5) is 8.78 Å². The molecule has 25 heavy (non-hydrogen) atoms. The highest BCUT2D eigenvalue weighted by atomic mass is 32.1. The van der Waals surface area contributed by atoms with Gasteiger partial charge in [-0.2, -0.15) is 13.8 Å². The van der Waals surface area contributed by atoms with E-state index in [4.69, 9.17) is 8.94 Å². The van der Waals surface area contributed by atoms with Crippen LogP contribution in [-0.4, -0.2) is 20.3 Å². The normalized spacial score (nSPS) is 11.3. The molecule has 0 fully saturated rings. The largest absolute Gasteiger partial charge is 0.414 e. The second kappa shape index (κ2) is 6.52. The van der Waals surface area contributed by atoms with Crippen LogP contribution in [0.15, 0.2) is 51.4 Å². The lowest BCUT2D eigenvalue weighted by Gasteiger charge is -1.91. The van der Waals surface area contributed by atoms with Gasteiger partial charge in [0.05, 0.1) is 11.3 Å². The fourth-order valence-electron chi connectivity index (χ4n) is 2.19. The molecule has 1 aromatic carbocycles. The summed E-state index contributed by atoms with van der Waals surface area (Å²) < 4.78 is 35.2. The number of hydrogen-bond donors (Lipinski definition) is 0. The van der Waals surface area contributed by atoms with Crippen LogP contribution in [0, 0.1) is 0 Å². The van der Waals surface area contributed by atoms with E-state index in [1.807, 2.05) is 36.4 Å². The molecule has 4 aromatic rings. The Kier molecular flexibility index (Phi) is 4.06. The quantitative estimate of drug-likeness (QED) is 0.526. The molecule has 0 aliphatic carbocycles. The van der Waals surface area contributed by atoms with Gasteiger partial charge in [0, 0.05) is 10.4 Å². The highest BCUT2D eigenvalue weighted by molar-refractivity contribution is 7.15. The first kappa shape index (κ1) is 15.6. The Balaban J connectivity index is 1.50. The van der Waals surface area contributed by atoms with Crippen molar-refractivity contribution in [3.05, 3.63) is 59.1 Å². The minimum absolute atomic E-state index is 0.0713. The van der Waals surface area contributed by atoms with Crippen LogP contribution in [0.3, 0.4) is 0 Å². The molecule has 0 amide bonds. The Morgan fingerprint density at radius 2 is 1.88 bits per heavy atom. The molecule has 0 spiro atoms. The van der Waals surface area contributed by atoms with Crippen molar-refractivity contribution in [2.24, 2.45) is 0 Å². The first-order chi connectivity index (χ1) is 12.2. The molecule has 0 saturated heterocycles. The van der Waals surface area contributed by atoms with Crippen LogP contribution >= 0.6 is 11.3 Å². The van der Waals surface area contributed by atoms with Gasteiger partial charge in [-0.3, -0.25) is 0 Å². The molecule has 0 atom stereocenters. The van der Waals surface area contributed by atoms with Crippen molar-refractivity contribution in [3.8, 4) is 22.2 Å². The molecule has 0 aliphatic rings. The Labute approximate surface area is 144 Å². The van der Waals surface area contributed by atoms with Gasteiger partial charge in [-0.05, 0) is 12.1 Å². The number of rotatable bonds is 5. The van der Waals surface area contributed by atoms with Gasteiger partial charge in [0.15, 0.2) is 0 Å². The van der Waals surface area contributed by atoms with Crippen molar-refractivity contribution < 1.29 is 17.7 Å². The summed E-state index contributed by atoms with van der Waals surface area (Å²) in [5.41, 5.74) is 0.870. The van der Waals surface area contributed by atoms with Crippen molar-refractivity contribution in [3.63, 3.8) is 0 Å². The molecule has 0 saturated carbocycles. The lowest BCUT2D eigenvalue weighted by atomic mass is 10.2. The molecule has 6 nitrogen and oxygen atoms in total. The number of thiophene rings is 1. The van der Waals surface area contributed by atoms with E-state index < -0.39 is 12.3 Å². The second-order valence-corrected chi connectivity index (χ2v) is 6.23. The smallest absolute Gasteiger partial charge is 0.314 e. The lowest BCUT2D eigenvalue weighted by molar-refractivity contribution is 0.116. The Bertz CT molecular complexity index is 981. The van der Waals surface area contributed by atoms with E-state index in [0.29, 0.717) is 23.0 Å². The third-order valence-electron chi connectivity index (χ3n) is 3.33. The molecular weight excluding hydrogens is 350 g/mol. The van der Waals surface area contributed by atoms with Gasteiger partial charge in [0.2, 0.25) is 11.7 Å². The average molecular weight is 360 g/mol. The first-order valence-corrected chi connectivity index (χ1v) is 8.09. The Hall–Kier alpha value is -2.94. The second-order valence-electron chi connectivity index (χ2n) is 5.07. The van der Waals surface area contributed by atoms with Gasteiger partial charge in [-0.15, -0.1) is 21.5 Å². The molecule has 0 unspecified atom stereocenters. The van der Waals surface area contributed by atoms with Crippen LogP contribution in [0.5, 0.6) is 0 Å². The van der Waals surface area contributed by atoms with E-state index in [-0.39, 0.29) is 5.89 Å². The molecule has 9 heteroatoms. The number of halogens is 2. The minimum Gasteiger partial charge on any atom is -0.414 e. The Morgan fingerprint density at radius 3 is 2.64 bits per heavy atom. The zero-order valence-corrected chi connectivity index (χ0v) is 13.4. The predicted octanol–water partition coefficient (Wildman–Crippen LogP) is 4.38. The van der Waals surface area contributed by atoms with Crippen molar-refractivity contribution in [2.45, 2.75) is 12.8 Å². The van der Waals surface area contributed by atoms with Crippen LogP contribution in [-0.2, 0) is 6.42 Å². The van der Waals surface area contributed by atoms with Crippen molar-refractivity contribution in [2.75, 3.05) is 0 Å². The summed E-state index contributed by atoms with van der Waals surface area (Å²) in [6, 6.07) is 13.1. The molecule has 126 valence electrons. The maximum Gasteiger partial charge on any atom is 0.314 e. The van der Waals surface area contributed by atoms with E-state index in [9.17, 15) is 8.78 Å². The predicted molar refractivity (Wildman–Crippen MR) is 85.1 cm³/mol. The molecule has 0 bridgehead atoms. The summed E-state index contributed by atoms with van der Waals surface area (Å²) in [6.45, 7) is 0. The molecule has 3 heterocycles. The third kappa shape index (κ3) is 3.31. The van der Waals surface area contributed by atoms with Gasteiger partial charge in [-0.25, -0.2) is 0 Å². The van der Waals surface area contributed by atoms with Gasteiger partial charge in [0.25, 0.3) is 11.8 Å². The number of nitrogens with zero attached hydrogens (tertiary/aromatic N) is 4. The maximum atomic E-state index is 12.5. The van der Waals surface area contributed by atoms with E-state index >= 15 is 0 Å². The summed E-state index contributed by atoms with van der Waals surface area (Å²) in [6.07, 6.45) is -2.35. The summed E-state index contributed by atoms with van der Waals surface area (Å²) >= 11 is 1.34. The summed E-state index contributed by atoms with van der Waals surface area (Å²) in [4.78, 5) is 5.88. The topological polar surface area (TPSA) is 77.8 Å². The van der Waals surface area contributed by atoms with Gasteiger partial charge in [-0.1, -0.05) is 35.5 Å². The first-order valence-electron chi connectivity index (χ1n) is 7.27. The van der Waals surface area contributed by atoms with E-state index in [2.05, 4.69) is 20.3 Å². The highest BCUT2D eigenvalue weighted by Gasteiger charge is 2.18. The zero-order chi connectivity index (χ0) is 17.2. The maximum absolute atomic E-state index is 12.5. The average Bonchev–Trinajstić information content (AvgIpc) is 3.36. The highest BCUT2D eigenvalue weighted by Crippen LogP contribution is 2.30. The van der Waals surface area contributed by atoms with E-state index in [1.54, 1.807) is 6.07 Å². The summed E-state index contributed by atoms with van der Waals surface area (Å²) in [5, 5.41) is 10.9. The fourth-order valence-corrected chi connectivity index (χ4v) is 3.11. The monoisotopic (exact) mass is 360 g/mol. The lowest BCUT2D eigenvalue weighted by Crippen LogP contribution is -1.85. The van der Waals surface area contributed by atoms with Crippen molar-refractivity contribution in [1.29, 1.82) is 0 Å². The van der Waals surface area contributed by atoms with Gasteiger partial charge < -0.3 is 8.94 Å². The standard InChI is InChI=1S/C16H10F2N4O2S/c17-13(18)16-21-20-15(23-16)11-7-6-10(25-11)8-12-19-14(22-24-12)9-4-2-1-3-5-9/h1-7,13H,8H2. The SMILES string of the molecule is FC(F)c1nnc(-c2ccc(Cc3nc(-c4ccccc4)no3)s2)o1. The van der Waals surface area contributed by atoms with Gasteiger partial charge >= 0.3 is 6.43 Å². The fraction of sp³-hybridized carbons (Fsp3) is 0.125. The third-order valence-corrected chi connectivity index (χ3v) is 4.40. The Morgan fingerprint density at radius 1 is 1.04 bits per heavy atom. The van der Waals surface area contributed by atoms with Gasteiger partial charge in [0.1, 0.15) is 0 Å². The van der Waals surface area contributed by atoms with E-state index in [1.165, 1.54) is 11.3 Å². The van der Waals surface area contributed by atoms with E-state index in [0.717, 1.165) is 10.4 Å². The number of hydrogen-bond acceptors (Lipinski definition) is 7. The minimum atomic E-state index is -2.78. The summed E-state index contributed by atoms with van der Waals surface area (Å²) in [5.74, 6) is 0.369. The van der Waals surface area contributed by atoms with Crippen LogP contribution in [0.1, 0.15) is 23.1 Å². The van der Waals surface area contributed by atoms with Crippen molar-refractivity contribution in [1.82, 2.24) is 20.3 Å². The van der Waals surface area contributed by atoms with Crippen LogP contribution in [0.2, 0.25) is 0 Å². The van der Waals surface area contributed by atoms with Crippen LogP contribution < -0.4 is 0 Å². The number of benzene rings is 1. The molecule has 0 N–H and O–H groups in total. The molecular formula is C16H10F2N4O2S. The number of alkyl halides is 2. The van der Waals surface area contributed by atoms with Crippen molar-refractivity contribution >= 4 is 11.3 Å².